The fourth-order valence-corrected chi connectivity index (χ4v) is 3.10. The monoisotopic (exact) mass is 416 g/mol. The van der Waals surface area contributed by atoms with E-state index in [0.29, 0.717) is 25.3 Å². The number of aryl methyl sites for hydroxylation is 1. The Kier molecular flexibility index (Phi) is 8.70. The van der Waals surface area contributed by atoms with Gasteiger partial charge in [-0.05, 0) is 37.0 Å². The molecule has 0 unspecified atom stereocenters. The number of aromatic nitrogens is 2. The van der Waals surface area contributed by atoms with Crippen molar-refractivity contribution in [3.8, 4) is 5.75 Å². The number of anilines is 2. The van der Waals surface area contributed by atoms with Gasteiger partial charge in [-0.15, -0.1) is 0 Å². The molecule has 1 aromatic heterocycles. The van der Waals surface area contributed by atoms with Crippen LogP contribution in [0.25, 0.3) is 0 Å². The summed E-state index contributed by atoms with van der Waals surface area (Å²) in [5.41, 5.74) is 6.14. The van der Waals surface area contributed by atoms with Gasteiger partial charge >= 0.3 is 5.69 Å². The molecule has 0 aliphatic carbocycles. The molecular weight excluding hydrogens is 384 g/mol. The number of aromatic amines is 1. The Morgan fingerprint density at radius 3 is 2.37 bits per heavy atom. The van der Waals surface area contributed by atoms with Crippen LogP contribution in [0.3, 0.4) is 0 Å². The summed E-state index contributed by atoms with van der Waals surface area (Å²) in [6.07, 6.45) is 4.03. The Hall–Kier alpha value is -3.03. The lowest BCUT2D eigenvalue weighted by Crippen LogP contribution is -2.43. The number of rotatable bonds is 11. The van der Waals surface area contributed by atoms with Gasteiger partial charge in [-0.2, -0.15) is 0 Å². The first kappa shape index (κ1) is 23.3. The summed E-state index contributed by atoms with van der Waals surface area (Å²) in [6, 6.07) is 7.52. The van der Waals surface area contributed by atoms with Crippen LogP contribution in [0.2, 0.25) is 0 Å². The number of nitrogens with zero attached hydrogens (tertiary/aromatic N) is 2. The molecule has 0 atom stereocenters. The van der Waals surface area contributed by atoms with Gasteiger partial charge in [-0.1, -0.05) is 45.7 Å². The van der Waals surface area contributed by atoms with Crippen LogP contribution in [0.5, 0.6) is 5.75 Å². The van der Waals surface area contributed by atoms with Gasteiger partial charge in [-0.25, -0.2) is 4.79 Å². The lowest BCUT2D eigenvalue weighted by atomic mass is 10.2. The molecule has 0 bridgehead atoms. The fourth-order valence-electron chi connectivity index (χ4n) is 3.10. The van der Waals surface area contributed by atoms with E-state index in [4.69, 9.17) is 10.5 Å². The number of amides is 1. The van der Waals surface area contributed by atoms with Crippen LogP contribution in [0.15, 0.2) is 33.9 Å². The van der Waals surface area contributed by atoms with E-state index in [1.54, 1.807) is 0 Å². The first-order valence-electron chi connectivity index (χ1n) is 10.6. The van der Waals surface area contributed by atoms with Crippen molar-refractivity contribution >= 4 is 17.4 Å². The standard InChI is InChI=1S/C22H32N4O4/c1-4-7-13-25(18(27)15-30-17-11-9-16(6-3)10-12-17)19-20(23)26(14-8-5-2)22(29)24-21(19)28/h9-12H,4-8,13-15,23H2,1-3H3,(H,24,28,29). The molecule has 0 spiro atoms. The molecule has 0 fully saturated rings. The summed E-state index contributed by atoms with van der Waals surface area (Å²) < 4.78 is 6.95. The van der Waals surface area contributed by atoms with E-state index in [2.05, 4.69) is 11.9 Å². The van der Waals surface area contributed by atoms with Crippen molar-refractivity contribution in [2.45, 2.75) is 59.4 Å². The molecule has 8 heteroatoms. The Morgan fingerprint density at radius 2 is 1.77 bits per heavy atom. The molecule has 1 aromatic carbocycles. The van der Waals surface area contributed by atoms with E-state index < -0.39 is 11.2 Å². The van der Waals surface area contributed by atoms with E-state index in [-0.39, 0.29) is 24.0 Å². The highest BCUT2D eigenvalue weighted by Crippen LogP contribution is 2.19. The average Bonchev–Trinajstić information content (AvgIpc) is 2.74. The third kappa shape index (κ3) is 5.75. The Balaban J connectivity index is 2.30. The third-order valence-corrected chi connectivity index (χ3v) is 4.95. The predicted molar refractivity (Wildman–Crippen MR) is 119 cm³/mol. The van der Waals surface area contributed by atoms with E-state index in [0.717, 1.165) is 25.7 Å². The molecule has 164 valence electrons. The predicted octanol–water partition coefficient (Wildman–Crippen LogP) is 2.69. The number of hydrogen-bond acceptors (Lipinski definition) is 5. The summed E-state index contributed by atoms with van der Waals surface area (Å²) in [4.78, 5) is 41.3. The normalized spacial score (nSPS) is 10.8. The number of nitrogen functional groups attached to an aromatic ring is 1. The zero-order valence-electron chi connectivity index (χ0n) is 18.1. The second kappa shape index (κ2) is 11.2. The number of carbonyl (C=O) groups is 1. The maximum atomic E-state index is 13.0. The molecular formula is C22H32N4O4. The van der Waals surface area contributed by atoms with Crippen LogP contribution in [-0.2, 0) is 17.8 Å². The lowest BCUT2D eigenvalue weighted by molar-refractivity contribution is -0.120. The second-order valence-electron chi connectivity index (χ2n) is 7.18. The number of ether oxygens (including phenoxy) is 1. The first-order chi connectivity index (χ1) is 14.4. The van der Waals surface area contributed by atoms with Crippen molar-refractivity contribution in [3.05, 3.63) is 50.7 Å². The van der Waals surface area contributed by atoms with E-state index in [9.17, 15) is 14.4 Å². The second-order valence-corrected chi connectivity index (χ2v) is 7.18. The highest BCUT2D eigenvalue weighted by Gasteiger charge is 2.24. The largest absolute Gasteiger partial charge is 0.484 e. The van der Waals surface area contributed by atoms with E-state index in [1.807, 2.05) is 38.1 Å². The summed E-state index contributed by atoms with van der Waals surface area (Å²) in [5.74, 6) is 0.195. The van der Waals surface area contributed by atoms with Gasteiger partial charge in [0.15, 0.2) is 12.3 Å². The van der Waals surface area contributed by atoms with Gasteiger partial charge in [0.05, 0.1) is 0 Å². The molecule has 8 nitrogen and oxygen atoms in total. The van der Waals surface area contributed by atoms with Crippen LogP contribution in [0.1, 0.15) is 52.0 Å². The Bertz CT molecular complexity index is 947. The van der Waals surface area contributed by atoms with Gasteiger partial charge < -0.3 is 15.4 Å². The summed E-state index contributed by atoms with van der Waals surface area (Å²) in [7, 11) is 0. The zero-order chi connectivity index (χ0) is 22.1. The highest BCUT2D eigenvalue weighted by atomic mass is 16.5. The van der Waals surface area contributed by atoms with Crippen molar-refractivity contribution < 1.29 is 9.53 Å². The molecule has 2 aromatic rings. The number of nitrogens with one attached hydrogen (secondary N) is 1. The maximum Gasteiger partial charge on any atom is 0.330 e. The summed E-state index contributed by atoms with van der Waals surface area (Å²) in [6.45, 7) is 6.50. The minimum atomic E-state index is -0.665. The number of carbonyl (C=O) groups excluding carboxylic acids is 1. The Labute approximate surface area is 176 Å². The van der Waals surface area contributed by atoms with Gasteiger partial charge in [-0.3, -0.25) is 19.1 Å². The smallest absolute Gasteiger partial charge is 0.330 e. The number of hydrogen-bond donors (Lipinski definition) is 2. The van der Waals surface area contributed by atoms with Gasteiger partial charge in [0, 0.05) is 13.1 Å². The minimum Gasteiger partial charge on any atom is -0.484 e. The van der Waals surface area contributed by atoms with Crippen molar-refractivity contribution in [1.82, 2.24) is 9.55 Å². The lowest BCUT2D eigenvalue weighted by Gasteiger charge is -2.24. The van der Waals surface area contributed by atoms with Gasteiger partial charge in [0.1, 0.15) is 11.6 Å². The van der Waals surface area contributed by atoms with E-state index >= 15 is 0 Å². The van der Waals surface area contributed by atoms with Crippen LogP contribution < -0.4 is 26.6 Å². The van der Waals surface area contributed by atoms with Gasteiger partial charge in [0.2, 0.25) is 0 Å². The maximum absolute atomic E-state index is 13.0. The molecule has 30 heavy (non-hydrogen) atoms. The molecule has 2 rings (SSSR count). The highest BCUT2D eigenvalue weighted by molar-refractivity contribution is 5.96. The number of benzene rings is 1. The van der Waals surface area contributed by atoms with Gasteiger partial charge in [0.25, 0.3) is 11.5 Å². The van der Waals surface area contributed by atoms with Crippen LogP contribution >= 0.6 is 0 Å². The van der Waals surface area contributed by atoms with Crippen LogP contribution in [0, 0.1) is 0 Å². The first-order valence-corrected chi connectivity index (χ1v) is 10.6. The SMILES string of the molecule is CCCCN(C(=O)COc1ccc(CC)cc1)c1c(N)n(CCCC)c(=O)[nH]c1=O. The molecule has 3 N–H and O–H groups in total. The van der Waals surface area contributed by atoms with Crippen LogP contribution in [-0.4, -0.2) is 28.6 Å². The molecule has 1 heterocycles. The van der Waals surface area contributed by atoms with Crippen molar-refractivity contribution in [2.24, 2.45) is 0 Å². The molecule has 0 aliphatic rings. The molecule has 0 aliphatic heterocycles. The zero-order valence-corrected chi connectivity index (χ0v) is 18.1. The summed E-state index contributed by atoms with van der Waals surface area (Å²) >= 11 is 0. The average molecular weight is 417 g/mol. The van der Waals surface area contributed by atoms with Crippen molar-refractivity contribution in [1.29, 1.82) is 0 Å². The van der Waals surface area contributed by atoms with Crippen LogP contribution in [0.4, 0.5) is 11.5 Å². The third-order valence-electron chi connectivity index (χ3n) is 4.95. The summed E-state index contributed by atoms with van der Waals surface area (Å²) in [5, 5.41) is 0. The molecule has 0 saturated heterocycles. The van der Waals surface area contributed by atoms with E-state index in [1.165, 1.54) is 15.0 Å². The molecule has 0 radical (unpaired) electrons. The Morgan fingerprint density at radius 1 is 1.10 bits per heavy atom. The van der Waals surface area contributed by atoms with Crippen molar-refractivity contribution in [2.75, 3.05) is 23.8 Å². The number of unbranched alkanes of at least 4 members (excludes halogenated alkanes) is 2. The number of nitrogens with two attached hydrogens (primary N) is 1. The molecule has 1 amide bonds. The minimum absolute atomic E-state index is 0.00829. The fraction of sp³-hybridized carbons (Fsp3) is 0.500. The number of H-pyrrole nitrogens is 1. The topological polar surface area (TPSA) is 110 Å². The quantitative estimate of drug-likeness (QED) is 0.585. The molecule has 0 saturated carbocycles. The van der Waals surface area contributed by atoms with Crippen molar-refractivity contribution in [3.63, 3.8) is 0 Å².